The molecule has 2 fully saturated rings. The molecule has 4 aliphatic rings. The molecule has 0 N–H and O–H groups in total. The van der Waals surface area contributed by atoms with Crippen molar-refractivity contribution in [3.05, 3.63) is 47.5 Å². The predicted octanol–water partition coefficient (Wildman–Crippen LogP) is 4.70. The molecule has 4 bridgehead atoms. The van der Waals surface area contributed by atoms with E-state index in [1.807, 2.05) is 0 Å². The Morgan fingerprint density at radius 1 is 1.06 bits per heavy atom. The highest BCUT2D eigenvalue weighted by Gasteiger charge is 2.73. The van der Waals surface area contributed by atoms with E-state index in [9.17, 15) is 0 Å². The fraction of sp³-hybridized carbons (Fsp3) is 0.444. The Morgan fingerprint density at radius 2 is 1.72 bits per heavy atom. The molecule has 0 aliphatic heterocycles. The summed E-state index contributed by atoms with van der Waals surface area (Å²) in [5.41, 5.74) is 4.01. The number of fused-ring (bicyclic) bond motifs is 1. The third kappa shape index (κ3) is 0.829. The zero-order valence-corrected chi connectivity index (χ0v) is 11.0. The molecule has 4 aliphatic carbocycles. The van der Waals surface area contributed by atoms with Gasteiger partial charge in [0.05, 0.1) is 0 Å². The summed E-state index contributed by atoms with van der Waals surface area (Å²) in [6.45, 7) is 5.02. The van der Waals surface area contributed by atoms with Crippen molar-refractivity contribution in [2.45, 2.75) is 32.1 Å². The Bertz CT molecular complexity index is 643. The molecular formula is C18H18. The van der Waals surface area contributed by atoms with Crippen LogP contribution in [0.1, 0.15) is 43.2 Å². The molecule has 6 rings (SSSR count). The second-order valence-electron chi connectivity index (χ2n) is 6.91. The minimum atomic E-state index is 0.639. The van der Waals surface area contributed by atoms with Gasteiger partial charge in [-0.25, -0.2) is 0 Å². The minimum absolute atomic E-state index is 0.639. The van der Waals surface area contributed by atoms with Crippen LogP contribution in [0.4, 0.5) is 0 Å². The van der Waals surface area contributed by atoms with Gasteiger partial charge >= 0.3 is 0 Å². The number of hydrogen-bond acceptors (Lipinski definition) is 0. The average molecular weight is 234 g/mol. The summed E-state index contributed by atoms with van der Waals surface area (Å²) < 4.78 is 0. The molecule has 2 saturated carbocycles. The molecule has 0 amide bonds. The first-order chi connectivity index (χ1) is 8.71. The van der Waals surface area contributed by atoms with E-state index in [4.69, 9.17) is 0 Å². The molecule has 0 nitrogen and oxygen atoms in total. The minimum Gasteiger partial charge on any atom is -0.0616 e. The largest absolute Gasteiger partial charge is 0.0616 e. The van der Waals surface area contributed by atoms with Crippen LogP contribution in [0.25, 0.3) is 10.8 Å². The Labute approximate surface area is 108 Å². The van der Waals surface area contributed by atoms with E-state index in [0.29, 0.717) is 5.41 Å². The predicted molar refractivity (Wildman–Crippen MR) is 74.8 cm³/mol. The summed E-state index contributed by atoms with van der Waals surface area (Å²) in [5.74, 6) is 3.59. The maximum absolute atomic E-state index is 2.53. The normalized spacial score (nSPS) is 43.0. The summed E-state index contributed by atoms with van der Waals surface area (Å²) in [5, 5.41) is 2.86. The number of rotatable bonds is 0. The topological polar surface area (TPSA) is 0 Å². The Morgan fingerprint density at radius 3 is 2.33 bits per heavy atom. The first-order valence-corrected chi connectivity index (χ1v) is 7.24. The molecule has 90 valence electrons. The van der Waals surface area contributed by atoms with Crippen molar-refractivity contribution >= 4 is 10.8 Å². The summed E-state index contributed by atoms with van der Waals surface area (Å²) in [6, 6.07) is 13.8. The van der Waals surface area contributed by atoms with E-state index >= 15 is 0 Å². The summed E-state index contributed by atoms with van der Waals surface area (Å²) in [4.78, 5) is 0. The number of benzene rings is 2. The van der Waals surface area contributed by atoms with Crippen molar-refractivity contribution in [1.29, 1.82) is 0 Å². The number of hydrogen-bond donors (Lipinski definition) is 0. The van der Waals surface area contributed by atoms with Crippen LogP contribution in [-0.2, 0) is 0 Å². The zero-order chi connectivity index (χ0) is 12.1. The lowest BCUT2D eigenvalue weighted by molar-refractivity contribution is 0.320. The first-order valence-electron chi connectivity index (χ1n) is 7.24. The van der Waals surface area contributed by atoms with Gasteiger partial charge in [-0.15, -0.1) is 0 Å². The third-order valence-corrected chi connectivity index (χ3v) is 6.54. The second kappa shape index (κ2) is 2.66. The fourth-order valence-electron chi connectivity index (χ4n) is 5.36. The highest BCUT2D eigenvalue weighted by molar-refractivity contribution is 5.85. The Hall–Kier alpha value is -1.30. The molecule has 5 atom stereocenters. The van der Waals surface area contributed by atoms with Crippen molar-refractivity contribution in [1.82, 2.24) is 0 Å². The van der Waals surface area contributed by atoms with Gasteiger partial charge in [-0.05, 0) is 57.4 Å². The van der Waals surface area contributed by atoms with Crippen molar-refractivity contribution in [2.24, 2.45) is 17.3 Å². The van der Waals surface area contributed by atoms with Crippen LogP contribution >= 0.6 is 0 Å². The van der Waals surface area contributed by atoms with E-state index in [1.165, 1.54) is 17.2 Å². The maximum Gasteiger partial charge on any atom is -0.00652 e. The molecule has 2 aromatic carbocycles. The van der Waals surface area contributed by atoms with E-state index in [1.54, 1.807) is 11.1 Å². The van der Waals surface area contributed by atoms with Crippen LogP contribution in [0.5, 0.6) is 0 Å². The van der Waals surface area contributed by atoms with Crippen LogP contribution in [-0.4, -0.2) is 0 Å². The molecule has 2 aromatic rings. The van der Waals surface area contributed by atoms with Gasteiger partial charge in [0.1, 0.15) is 0 Å². The van der Waals surface area contributed by atoms with Gasteiger partial charge in [0.25, 0.3) is 0 Å². The molecule has 0 heteroatoms. The Balaban J connectivity index is 1.84. The lowest BCUT2D eigenvalue weighted by atomic mass is 9.70. The average Bonchev–Trinajstić information content (AvgIpc) is 2.94. The first kappa shape index (κ1) is 9.61. The fourth-order valence-corrected chi connectivity index (χ4v) is 5.36. The van der Waals surface area contributed by atoms with Crippen LogP contribution in [0.2, 0.25) is 0 Å². The van der Waals surface area contributed by atoms with Crippen molar-refractivity contribution < 1.29 is 0 Å². The molecule has 0 heterocycles. The van der Waals surface area contributed by atoms with E-state index in [2.05, 4.69) is 50.2 Å². The van der Waals surface area contributed by atoms with Crippen LogP contribution in [0, 0.1) is 17.3 Å². The molecule has 0 saturated heterocycles. The van der Waals surface area contributed by atoms with Crippen molar-refractivity contribution in [2.75, 3.05) is 0 Å². The van der Waals surface area contributed by atoms with Crippen LogP contribution in [0.3, 0.4) is 0 Å². The molecule has 0 radical (unpaired) electrons. The lowest BCUT2D eigenvalue weighted by Crippen LogP contribution is -2.22. The van der Waals surface area contributed by atoms with E-state index in [-0.39, 0.29) is 0 Å². The van der Waals surface area contributed by atoms with E-state index in [0.717, 1.165) is 23.7 Å². The van der Waals surface area contributed by atoms with Crippen LogP contribution in [0.15, 0.2) is 36.4 Å². The van der Waals surface area contributed by atoms with Gasteiger partial charge in [0.2, 0.25) is 0 Å². The summed E-state index contributed by atoms with van der Waals surface area (Å²) in [6.07, 6.45) is 1.45. The van der Waals surface area contributed by atoms with Gasteiger partial charge in [-0.3, -0.25) is 0 Å². The molecule has 5 unspecified atom stereocenters. The van der Waals surface area contributed by atoms with Crippen LogP contribution < -0.4 is 0 Å². The van der Waals surface area contributed by atoms with Gasteiger partial charge in [0, 0.05) is 0 Å². The SMILES string of the molecule is CC1C2CC3C(c4cc5ccccc5cc42)C13C. The van der Waals surface area contributed by atoms with Crippen molar-refractivity contribution in [3.63, 3.8) is 0 Å². The maximum atomic E-state index is 2.53. The monoisotopic (exact) mass is 234 g/mol. The zero-order valence-electron chi connectivity index (χ0n) is 11.0. The second-order valence-corrected chi connectivity index (χ2v) is 6.91. The third-order valence-electron chi connectivity index (χ3n) is 6.54. The smallest absolute Gasteiger partial charge is 0.00652 e. The van der Waals surface area contributed by atoms with Gasteiger partial charge in [-0.2, -0.15) is 0 Å². The van der Waals surface area contributed by atoms with Gasteiger partial charge in [0.15, 0.2) is 0 Å². The quantitative estimate of drug-likeness (QED) is 0.620. The highest BCUT2D eigenvalue weighted by Crippen LogP contribution is 2.82. The molecule has 0 spiro atoms. The van der Waals surface area contributed by atoms with Gasteiger partial charge < -0.3 is 0 Å². The standard InChI is InChI=1S/C18H18/c1-10-13-9-16-17(18(10,16)2)15-8-12-6-4-3-5-11(12)7-14(13)15/h3-8,10,13,16-17H,9H2,1-2H3. The molecule has 0 aromatic heterocycles. The van der Waals surface area contributed by atoms with E-state index < -0.39 is 0 Å². The lowest BCUT2D eigenvalue weighted by Gasteiger charge is -2.34. The van der Waals surface area contributed by atoms with Gasteiger partial charge in [-0.1, -0.05) is 50.2 Å². The molecular weight excluding hydrogens is 216 g/mol. The highest BCUT2D eigenvalue weighted by atomic mass is 14.8. The van der Waals surface area contributed by atoms with Crippen molar-refractivity contribution in [3.8, 4) is 0 Å². The summed E-state index contributed by atoms with van der Waals surface area (Å²) in [7, 11) is 0. The molecule has 18 heavy (non-hydrogen) atoms. The summed E-state index contributed by atoms with van der Waals surface area (Å²) >= 11 is 0. The Kier molecular flexibility index (Phi) is 1.42.